The first-order valence-corrected chi connectivity index (χ1v) is 12.8. The van der Waals surface area contributed by atoms with Crippen molar-refractivity contribution in [3.8, 4) is 0 Å². The van der Waals surface area contributed by atoms with Crippen molar-refractivity contribution in [3.63, 3.8) is 0 Å². The van der Waals surface area contributed by atoms with Gasteiger partial charge in [-0.05, 0) is 77.6 Å². The van der Waals surface area contributed by atoms with Crippen molar-refractivity contribution < 1.29 is 29.1 Å². The minimum atomic E-state index is -1.35. The maximum Gasteiger partial charge on any atom is 0.326 e. The number of carbonyl (C=O) groups is 5. The highest BCUT2D eigenvalue weighted by Gasteiger charge is 2.45. The number of hydrogen-bond acceptors (Lipinski definition) is 5. The molecular formula is C25H33BrN4O6. The summed E-state index contributed by atoms with van der Waals surface area (Å²) < 4.78 is 0.824. The van der Waals surface area contributed by atoms with E-state index in [1.165, 1.54) is 23.6 Å². The van der Waals surface area contributed by atoms with E-state index in [4.69, 9.17) is 0 Å². The monoisotopic (exact) mass is 564 g/mol. The number of aliphatic carboxylic acids is 1. The fourth-order valence-electron chi connectivity index (χ4n) is 4.72. The topological polar surface area (TPSA) is 136 Å². The fraction of sp³-hybridized carbons (Fsp3) is 0.560. The number of rotatable bonds is 7. The lowest BCUT2D eigenvalue weighted by Gasteiger charge is -2.36. The third-order valence-corrected chi connectivity index (χ3v) is 7.18. The molecule has 11 heteroatoms. The first-order valence-electron chi connectivity index (χ1n) is 12.0. The average molecular weight is 565 g/mol. The number of carbonyl (C=O) groups excluding carboxylic acids is 4. The predicted molar refractivity (Wildman–Crippen MR) is 135 cm³/mol. The van der Waals surface area contributed by atoms with Gasteiger partial charge in [0.05, 0.1) is 0 Å². The van der Waals surface area contributed by atoms with Gasteiger partial charge in [-0.1, -0.05) is 15.9 Å². The van der Waals surface area contributed by atoms with Gasteiger partial charge in [-0.15, -0.1) is 0 Å². The normalized spacial score (nSPS) is 20.2. The molecule has 2 saturated heterocycles. The van der Waals surface area contributed by atoms with Crippen LogP contribution < -0.4 is 10.6 Å². The van der Waals surface area contributed by atoms with Crippen LogP contribution in [-0.2, 0) is 19.2 Å². The summed E-state index contributed by atoms with van der Waals surface area (Å²) in [6.45, 7) is 6.91. The Morgan fingerprint density at radius 3 is 1.83 bits per heavy atom. The highest BCUT2D eigenvalue weighted by atomic mass is 79.9. The Balaban J connectivity index is 1.68. The van der Waals surface area contributed by atoms with Crippen LogP contribution in [0.3, 0.4) is 0 Å². The third kappa shape index (κ3) is 5.88. The number of hydrogen-bond donors (Lipinski definition) is 3. The summed E-state index contributed by atoms with van der Waals surface area (Å²) in [6.07, 6.45) is 1.97. The molecular weight excluding hydrogens is 532 g/mol. The van der Waals surface area contributed by atoms with Gasteiger partial charge in [-0.2, -0.15) is 0 Å². The molecule has 0 radical (unpaired) electrons. The molecule has 0 spiro atoms. The van der Waals surface area contributed by atoms with E-state index in [0.717, 1.165) is 4.47 Å². The fourth-order valence-corrected chi connectivity index (χ4v) is 4.99. The second kappa shape index (κ2) is 10.6. The Kier molecular flexibility index (Phi) is 8.12. The second-order valence-electron chi connectivity index (χ2n) is 10.4. The molecule has 2 atom stereocenters. The van der Waals surface area contributed by atoms with Crippen molar-refractivity contribution in [1.82, 2.24) is 20.4 Å². The van der Waals surface area contributed by atoms with Crippen molar-refractivity contribution in [1.29, 1.82) is 0 Å². The van der Waals surface area contributed by atoms with E-state index < -0.39 is 52.8 Å². The minimum Gasteiger partial charge on any atom is -0.480 e. The van der Waals surface area contributed by atoms with Gasteiger partial charge in [0.2, 0.25) is 17.7 Å². The lowest BCUT2D eigenvalue weighted by Crippen LogP contribution is -2.62. The molecule has 196 valence electrons. The van der Waals surface area contributed by atoms with Crippen LogP contribution in [0.15, 0.2) is 28.7 Å². The zero-order valence-electron chi connectivity index (χ0n) is 21.0. The number of halogens is 1. The Morgan fingerprint density at radius 2 is 1.31 bits per heavy atom. The summed E-state index contributed by atoms with van der Waals surface area (Å²) in [6, 6.07) is 5.03. The van der Waals surface area contributed by atoms with Gasteiger partial charge in [-0.25, -0.2) is 4.79 Å². The van der Waals surface area contributed by atoms with E-state index in [2.05, 4.69) is 26.6 Å². The Morgan fingerprint density at radius 1 is 0.833 bits per heavy atom. The first-order chi connectivity index (χ1) is 16.7. The van der Waals surface area contributed by atoms with Crippen LogP contribution in [0.25, 0.3) is 0 Å². The molecule has 1 aromatic carbocycles. The largest absolute Gasteiger partial charge is 0.480 e. The number of nitrogens with zero attached hydrogens (tertiary/aromatic N) is 2. The van der Waals surface area contributed by atoms with E-state index in [9.17, 15) is 29.1 Å². The quantitative estimate of drug-likeness (QED) is 0.462. The van der Waals surface area contributed by atoms with Crippen LogP contribution in [0.2, 0.25) is 0 Å². The van der Waals surface area contributed by atoms with Crippen molar-refractivity contribution >= 4 is 45.5 Å². The molecule has 0 aromatic heterocycles. The molecule has 3 rings (SSSR count). The van der Waals surface area contributed by atoms with Gasteiger partial charge < -0.3 is 25.5 Å². The molecule has 0 unspecified atom stereocenters. The number of nitrogens with one attached hydrogen (secondary N) is 2. The van der Waals surface area contributed by atoms with Crippen molar-refractivity contribution in [2.45, 2.75) is 76.5 Å². The molecule has 36 heavy (non-hydrogen) atoms. The van der Waals surface area contributed by atoms with Crippen LogP contribution in [0.4, 0.5) is 0 Å². The second-order valence-corrected chi connectivity index (χ2v) is 11.3. The van der Waals surface area contributed by atoms with Crippen LogP contribution in [0, 0.1) is 0 Å². The maximum absolute atomic E-state index is 13.4. The molecule has 0 aliphatic carbocycles. The lowest BCUT2D eigenvalue weighted by atomic mass is 9.99. The Labute approximate surface area is 218 Å². The average Bonchev–Trinajstić information content (AvgIpc) is 3.47. The van der Waals surface area contributed by atoms with Crippen LogP contribution in [0.1, 0.15) is 63.7 Å². The van der Waals surface area contributed by atoms with E-state index in [1.807, 2.05) is 0 Å². The lowest BCUT2D eigenvalue weighted by molar-refractivity contribution is -0.152. The molecule has 1 aromatic rings. The molecule has 0 bridgehead atoms. The number of carboxylic acids is 1. The molecule has 2 heterocycles. The Bertz CT molecular complexity index is 1060. The SMILES string of the molecule is CC(C)(NC(=O)[C@@H]1CCCN1C(=O)C(C)(C)NC(=O)c1ccc(Br)cc1)C(=O)N1CCC[C@H]1C(=O)O. The van der Waals surface area contributed by atoms with Crippen molar-refractivity contribution in [3.05, 3.63) is 34.3 Å². The zero-order valence-corrected chi connectivity index (χ0v) is 22.6. The van der Waals surface area contributed by atoms with E-state index in [-0.39, 0.29) is 0 Å². The Hall–Kier alpha value is -2.95. The number of amides is 4. The zero-order chi connectivity index (χ0) is 26.8. The van der Waals surface area contributed by atoms with Crippen LogP contribution in [-0.4, -0.2) is 80.8 Å². The standard InChI is InChI=1S/C25H33BrN4O6/c1-24(2,27-19(31)15-9-11-16(26)12-10-15)22(35)29-13-5-7-17(29)20(32)28-25(3,4)23(36)30-14-6-8-18(30)21(33)34/h9-12,17-18H,5-8,13-14H2,1-4H3,(H,27,31)(H,28,32)(H,33,34)/t17-,18-/m0/s1. The summed E-state index contributed by atoms with van der Waals surface area (Å²) in [5.74, 6) is -2.84. The summed E-state index contributed by atoms with van der Waals surface area (Å²) in [5.41, 5.74) is -2.22. The minimum absolute atomic E-state index is 0.315. The van der Waals surface area contributed by atoms with E-state index in [1.54, 1.807) is 38.1 Å². The summed E-state index contributed by atoms with van der Waals surface area (Å²) in [4.78, 5) is 66.7. The van der Waals surface area contributed by atoms with Gasteiger partial charge in [0, 0.05) is 23.1 Å². The predicted octanol–water partition coefficient (Wildman–Crippen LogP) is 1.92. The van der Waals surface area contributed by atoms with E-state index in [0.29, 0.717) is 44.3 Å². The smallest absolute Gasteiger partial charge is 0.326 e. The first kappa shape index (κ1) is 27.6. The molecule has 2 aliphatic rings. The van der Waals surface area contributed by atoms with Crippen molar-refractivity contribution in [2.75, 3.05) is 13.1 Å². The third-order valence-electron chi connectivity index (χ3n) is 6.65. The van der Waals surface area contributed by atoms with Gasteiger partial charge >= 0.3 is 5.97 Å². The van der Waals surface area contributed by atoms with Crippen LogP contribution >= 0.6 is 15.9 Å². The highest BCUT2D eigenvalue weighted by Crippen LogP contribution is 2.25. The highest BCUT2D eigenvalue weighted by molar-refractivity contribution is 9.10. The number of likely N-dealkylation sites (tertiary alicyclic amines) is 2. The maximum atomic E-state index is 13.4. The van der Waals surface area contributed by atoms with Gasteiger partial charge in [0.15, 0.2) is 0 Å². The number of benzene rings is 1. The molecule has 10 nitrogen and oxygen atoms in total. The molecule has 4 amide bonds. The summed E-state index contributed by atoms with van der Waals surface area (Å²) in [7, 11) is 0. The summed E-state index contributed by atoms with van der Waals surface area (Å²) >= 11 is 3.32. The van der Waals surface area contributed by atoms with Crippen LogP contribution in [0.5, 0.6) is 0 Å². The molecule has 2 aliphatic heterocycles. The molecule has 3 N–H and O–H groups in total. The number of carboxylic acid groups (broad SMARTS) is 1. The summed E-state index contributed by atoms with van der Waals surface area (Å²) in [5, 5.41) is 14.9. The van der Waals surface area contributed by atoms with E-state index >= 15 is 0 Å². The van der Waals surface area contributed by atoms with Gasteiger partial charge in [-0.3, -0.25) is 19.2 Å². The van der Waals surface area contributed by atoms with Gasteiger partial charge in [0.25, 0.3) is 5.91 Å². The van der Waals surface area contributed by atoms with Crippen molar-refractivity contribution in [2.24, 2.45) is 0 Å². The van der Waals surface area contributed by atoms with Gasteiger partial charge in [0.1, 0.15) is 23.2 Å². The molecule has 2 fully saturated rings. The molecule has 0 saturated carbocycles.